The lowest BCUT2D eigenvalue weighted by molar-refractivity contribution is 0.104. The van der Waals surface area contributed by atoms with Gasteiger partial charge in [-0.15, -0.1) is 0 Å². The summed E-state index contributed by atoms with van der Waals surface area (Å²) in [6.45, 7) is 2.96. The van der Waals surface area contributed by atoms with Crippen molar-refractivity contribution in [1.29, 1.82) is 0 Å². The fraction of sp³-hybridized carbons (Fsp3) is 0.417. The SMILES string of the molecule is c1coc(COCCCNCc2ncc[nH]2)c1. The Morgan fingerprint density at radius 2 is 2.47 bits per heavy atom. The zero-order valence-electron chi connectivity index (χ0n) is 9.69. The lowest BCUT2D eigenvalue weighted by atomic mass is 10.4. The number of rotatable bonds is 8. The normalized spacial score (nSPS) is 10.8. The fourth-order valence-corrected chi connectivity index (χ4v) is 1.47. The fourth-order valence-electron chi connectivity index (χ4n) is 1.47. The number of nitrogens with zero attached hydrogens (tertiary/aromatic N) is 1. The van der Waals surface area contributed by atoms with Crippen LogP contribution in [0.15, 0.2) is 35.2 Å². The van der Waals surface area contributed by atoms with Crippen molar-refractivity contribution < 1.29 is 9.15 Å². The molecule has 5 heteroatoms. The second-order valence-electron chi connectivity index (χ2n) is 3.70. The van der Waals surface area contributed by atoms with Crippen LogP contribution >= 0.6 is 0 Å². The lowest BCUT2D eigenvalue weighted by Gasteiger charge is -2.03. The summed E-state index contributed by atoms with van der Waals surface area (Å²) in [6.07, 6.45) is 6.21. The predicted molar refractivity (Wildman–Crippen MR) is 63.3 cm³/mol. The van der Waals surface area contributed by atoms with Crippen LogP contribution in [0.25, 0.3) is 0 Å². The molecule has 2 aromatic heterocycles. The van der Waals surface area contributed by atoms with E-state index in [0.717, 1.165) is 37.7 Å². The van der Waals surface area contributed by atoms with E-state index < -0.39 is 0 Å². The molecule has 17 heavy (non-hydrogen) atoms. The molecule has 0 radical (unpaired) electrons. The first kappa shape index (κ1) is 11.9. The molecule has 92 valence electrons. The molecule has 0 unspecified atom stereocenters. The van der Waals surface area contributed by atoms with Crippen molar-refractivity contribution in [3.63, 3.8) is 0 Å². The average Bonchev–Trinajstić information content (AvgIpc) is 3.00. The van der Waals surface area contributed by atoms with Gasteiger partial charge in [0.15, 0.2) is 0 Å². The number of aromatic nitrogens is 2. The third-order valence-electron chi connectivity index (χ3n) is 2.31. The Hall–Kier alpha value is -1.59. The van der Waals surface area contributed by atoms with Crippen LogP contribution in [0.3, 0.4) is 0 Å². The smallest absolute Gasteiger partial charge is 0.129 e. The Labute approximate surface area is 100 Å². The van der Waals surface area contributed by atoms with Crippen molar-refractivity contribution in [2.75, 3.05) is 13.2 Å². The summed E-state index contributed by atoms with van der Waals surface area (Å²) in [5.41, 5.74) is 0. The molecule has 2 aromatic rings. The largest absolute Gasteiger partial charge is 0.467 e. The summed E-state index contributed by atoms with van der Waals surface area (Å²) in [7, 11) is 0. The molecule has 2 heterocycles. The van der Waals surface area contributed by atoms with E-state index in [-0.39, 0.29) is 0 Å². The van der Waals surface area contributed by atoms with E-state index in [9.17, 15) is 0 Å². The molecule has 2 rings (SSSR count). The van der Waals surface area contributed by atoms with Crippen molar-refractivity contribution in [2.45, 2.75) is 19.6 Å². The van der Waals surface area contributed by atoms with Crippen LogP contribution in [0.4, 0.5) is 0 Å². The predicted octanol–water partition coefficient (Wildman–Crippen LogP) is 1.70. The molecule has 0 saturated carbocycles. The number of hydrogen-bond donors (Lipinski definition) is 2. The monoisotopic (exact) mass is 235 g/mol. The second kappa shape index (κ2) is 6.88. The first-order chi connectivity index (χ1) is 8.45. The van der Waals surface area contributed by atoms with Gasteiger partial charge in [0.1, 0.15) is 18.2 Å². The van der Waals surface area contributed by atoms with Gasteiger partial charge < -0.3 is 19.5 Å². The average molecular weight is 235 g/mol. The lowest BCUT2D eigenvalue weighted by Crippen LogP contribution is -2.17. The van der Waals surface area contributed by atoms with E-state index in [1.165, 1.54) is 0 Å². The van der Waals surface area contributed by atoms with E-state index in [1.54, 1.807) is 12.5 Å². The highest BCUT2D eigenvalue weighted by Crippen LogP contribution is 2.01. The Kier molecular flexibility index (Phi) is 4.81. The van der Waals surface area contributed by atoms with E-state index in [1.807, 2.05) is 18.3 Å². The quantitative estimate of drug-likeness (QED) is 0.684. The summed E-state index contributed by atoms with van der Waals surface area (Å²) in [6, 6.07) is 3.78. The van der Waals surface area contributed by atoms with Crippen LogP contribution in [0.5, 0.6) is 0 Å². The Morgan fingerprint density at radius 3 is 3.24 bits per heavy atom. The number of hydrogen-bond acceptors (Lipinski definition) is 4. The summed E-state index contributed by atoms with van der Waals surface area (Å²) in [5.74, 6) is 1.83. The third kappa shape index (κ3) is 4.42. The molecule has 0 bridgehead atoms. The maximum absolute atomic E-state index is 5.46. The van der Waals surface area contributed by atoms with E-state index in [0.29, 0.717) is 6.61 Å². The van der Waals surface area contributed by atoms with E-state index in [4.69, 9.17) is 9.15 Å². The maximum Gasteiger partial charge on any atom is 0.129 e. The third-order valence-corrected chi connectivity index (χ3v) is 2.31. The van der Waals surface area contributed by atoms with Crippen LogP contribution in [0.2, 0.25) is 0 Å². The van der Waals surface area contributed by atoms with Crippen molar-refractivity contribution in [3.05, 3.63) is 42.4 Å². The van der Waals surface area contributed by atoms with Crippen LogP contribution in [0.1, 0.15) is 18.0 Å². The minimum Gasteiger partial charge on any atom is -0.467 e. The minimum absolute atomic E-state index is 0.547. The summed E-state index contributed by atoms with van der Waals surface area (Å²) in [4.78, 5) is 7.16. The molecule has 0 amide bonds. The van der Waals surface area contributed by atoms with Gasteiger partial charge in [-0.05, 0) is 25.1 Å². The van der Waals surface area contributed by atoms with Crippen molar-refractivity contribution >= 4 is 0 Å². The molecular weight excluding hydrogens is 218 g/mol. The van der Waals surface area contributed by atoms with Crippen LogP contribution < -0.4 is 5.32 Å². The van der Waals surface area contributed by atoms with Gasteiger partial charge in [0, 0.05) is 19.0 Å². The van der Waals surface area contributed by atoms with Crippen LogP contribution in [-0.2, 0) is 17.9 Å². The topological polar surface area (TPSA) is 63.1 Å². The molecular formula is C12H17N3O2. The van der Waals surface area contributed by atoms with E-state index in [2.05, 4.69) is 15.3 Å². The Bertz CT molecular complexity index is 346. The van der Waals surface area contributed by atoms with Crippen molar-refractivity contribution in [1.82, 2.24) is 15.3 Å². The first-order valence-electron chi connectivity index (χ1n) is 5.74. The van der Waals surface area contributed by atoms with Gasteiger partial charge in [0.2, 0.25) is 0 Å². The molecule has 0 spiro atoms. The number of imidazole rings is 1. The van der Waals surface area contributed by atoms with Crippen molar-refractivity contribution in [3.8, 4) is 0 Å². The Morgan fingerprint density at radius 1 is 1.47 bits per heavy atom. The molecule has 5 nitrogen and oxygen atoms in total. The molecule has 0 aliphatic carbocycles. The number of aromatic amines is 1. The number of H-pyrrole nitrogens is 1. The van der Waals surface area contributed by atoms with Crippen LogP contribution in [-0.4, -0.2) is 23.1 Å². The Balaban J connectivity index is 1.44. The highest BCUT2D eigenvalue weighted by molar-refractivity contribution is 4.95. The van der Waals surface area contributed by atoms with Crippen LogP contribution in [0, 0.1) is 0 Å². The standard InChI is InChI=1S/C12H17N3O2/c1-3-11(17-8-1)10-16-7-2-4-13-9-12-14-5-6-15-12/h1,3,5-6,8,13H,2,4,7,9-10H2,(H,14,15). The van der Waals surface area contributed by atoms with Gasteiger partial charge >= 0.3 is 0 Å². The number of nitrogens with one attached hydrogen (secondary N) is 2. The summed E-state index contributed by atoms with van der Waals surface area (Å²) >= 11 is 0. The molecule has 0 aliphatic rings. The van der Waals surface area contributed by atoms with Gasteiger partial charge in [-0.25, -0.2) is 4.98 Å². The van der Waals surface area contributed by atoms with Crippen molar-refractivity contribution in [2.24, 2.45) is 0 Å². The first-order valence-corrected chi connectivity index (χ1v) is 5.74. The van der Waals surface area contributed by atoms with Gasteiger partial charge in [0.25, 0.3) is 0 Å². The second-order valence-corrected chi connectivity index (χ2v) is 3.70. The summed E-state index contributed by atoms with van der Waals surface area (Å²) < 4.78 is 10.6. The number of furan rings is 1. The highest BCUT2D eigenvalue weighted by atomic mass is 16.5. The zero-order valence-corrected chi connectivity index (χ0v) is 9.69. The molecule has 0 saturated heterocycles. The van der Waals surface area contributed by atoms with E-state index >= 15 is 0 Å². The summed E-state index contributed by atoms with van der Waals surface area (Å²) in [5, 5.41) is 3.28. The van der Waals surface area contributed by atoms with Gasteiger partial charge in [-0.2, -0.15) is 0 Å². The maximum atomic E-state index is 5.46. The van der Waals surface area contributed by atoms with Gasteiger partial charge in [-0.1, -0.05) is 0 Å². The molecule has 0 fully saturated rings. The number of ether oxygens (including phenoxy) is 1. The van der Waals surface area contributed by atoms with Gasteiger partial charge in [0.05, 0.1) is 12.8 Å². The molecule has 0 aromatic carbocycles. The van der Waals surface area contributed by atoms with Gasteiger partial charge in [-0.3, -0.25) is 0 Å². The molecule has 0 aliphatic heterocycles. The highest BCUT2D eigenvalue weighted by Gasteiger charge is 1.96. The zero-order chi connectivity index (χ0) is 11.8. The molecule has 0 atom stereocenters. The molecule has 2 N–H and O–H groups in total. The minimum atomic E-state index is 0.547.